The molecule has 0 aliphatic heterocycles. The zero-order chi connectivity index (χ0) is 13.3. The molecule has 2 aromatic rings. The molecule has 0 N–H and O–H groups in total. The SMILES string of the molecule is CCc1nc(Cl)c(C)c(-c2cc(Br)ccc2F)n1. The molecule has 18 heavy (non-hydrogen) atoms. The highest BCUT2D eigenvalue weighted by Gasteiger charge is 2.14. The molecule has 0 saturated heterocycles. The summed E-state index contributed by atoms with van der Waals surface area (Å²) >= 11 is 9.38. The first-order valence-electron chi connectivity index (χ1n) is 5.51. The molecule has 0 unspecified atom stereocenters. The summed E-state index contributed by atoms with van der Waals surface area (Å²) in [4.78, 5) is 8.52. The lowest BCUT2D eigenvalue weighted by molar-refractivity contribution is 0.630. The second-order valence-corrected chi connectivity index (χ2v) is 5.16. The number of hydrogen-bond donors (Lipinski definition) is 0. The minimum atomic E-state index is -0.321. The van der Waals surface area contributed by atoms with Crippen molar-refractivity contribution in [2.24, 2.45) is 0 Å². The Morgan fingerprint density at radius 3 is 2.72 bits per heavy atom. The molecule has 1 aromatic heterocycles. The van der Waals surface area contributed by atoms with Crippen LogP contribution in [-0.2, 0) is 6.42 Å². The van der Waals surface area contributed by atoms with Crippen molar-refractivity contribution in [2.75, 3.05) is 0 Å². The maximum absolute atomic E-state index is 13.9. The van der Waals surface area contributed by atoms with E-state index in [0.29, 0.717) is 34.2 Å². The van der Waals surface area contributed by atoms with E-state index in [-0.39, 0.29) is 5.82 Å². The van der Waals surface area contributed by atoms with Crippen LogP contribution in [0.2, 0.25) is 5.15 Å². The van der Waals surface area contributed by atoms with E-state index in [4.69, 9.17) is 11.6 Å². The van der Waals surface area contributed by atoms with Gasteiger partial charge in [-0.25, -0.2) is 14.4 Å². The highest BCUT2D eigenvalue weighted by atomic mass is 79.9. The van der Waals surface area contributed by atoms with Gasteiger partial charge in [-0.2, -0.15) is 0 Å². The van der Waals surface area contributed by atoms with Crippen LogP contribution in [0, 0.1) is 12.7 Å². The van der Waals surface area contributed by atoms with Crippen LogP contribution in [0.3, 0.4) is 0 Å². The number of aryl methyl sites for hydroxylation is 1. The fourth-order valence-electron chi connectivity index (χ4n) is 1.63. The maximum Gasteiger partial charge on any atom is 0.136 e. The average Bonchev–Trinajstić information content (AvgIpc) is 2.35. The van der Waals surface area contributed by atoms with E-state index in [1.54, 1.807) is 19.1 Å². The van der Waals surface area contributed by atoms with Crippen molar-refractivity contribution >= 4 is 27.5 Å². The first kappa shape index (κ1) is 13.4. The van der Waals surface area contributed by atoms with Gasteiger partial charge in [-0.3, -0.25) is 0 Å². The van der Waals surface area contributed by atoms with Gasteiger partial charge in [-0.05, 0) is 25.1 Å². The van der Waals surface area contributed by atoms with Crippen LogP contribution in [0.25, 0.3) is 11.3 Å². The summed E-state index contributed by atoms with van der Waals surface area (Å²) in [6, 6.07) is 4.75. The first-order valence-corrected chi connectivity index (χ1v) is 6.68. The van der Waals surface area contributed by atoms with Crippen LogP contribution in [0.5, 0.6) is 0 Å². The number of aromatic nitrogens is 2. The van der Waals surface area contributed by atoms with Crippen molar-refractivity contribution in [2.45, 2.75) is 20.3 Å². The van der Waals surface area contributed by atoms with Gasteiger partial charge in [0, 0.05) is 22.0 Å². The lowest BCUT2D eigenvalue weighted by atomic mass is 10.1. The molecule has 94 valence electrons. The van der Waals surface area contributed by atoms with Crippen molar-refractivity contribution in [3.63, 3.8) is 0 Å². The lowest BCUT2D eigenvalue weighted by Gasteiger charge is -2.10. The Balaban J connectivity index is 2.69. The standard InChI is InChI=1S/C13H11BrClFN2/c1-3-11-17-12(7(2)13(15)18-11)9-6-8(14)4-5-10(9)16/h4-6H,3H2,1-2H3. The molecule has 0 atom stereocenters. The van der Waals surface area contributed by atoms with E-state index in [9.17, 15) is 4.39 Å². The van der Waals surface area contributed by atoms with Gasteiger partial charge in [-0.1, -0.05) is 34.5 Å². The third kappa shape index (κ3) is 2.54. The average molecular weight is 330 g/mol. The van der Waals surface area contributed by atoms with E-state index < -0.39 is 0 Å². The van der Waals surface area contributed by atoms with Gasteiger partial charge in [0.1, 0.15) is 16.8 Å². The number of benzene rings is 1. The number of halogens is 3. The molecule has 2 rings (SSSR count). The van der Waals surface area contributed by atoms with Gasteiger partial charge >= 0.3 is 0 Å². The van der Waals surface area contributed by atoms with Gasteiger partial charge in [0.15, 0.2) is 0 Å². The van der Waals surface area contributed by atoms with E-state index >= 15 is 0 Å². The minimum Gasteiger partial charge on any atom is -0.232 e. The van der Waals surface area contributed by atoms with E-state index in [0.717, 1.165) is 4.47 Å². The van der Waals surface area contributed by atoms with Crippen molar-refractivity contribution < 1.29 is 4.39 Å². The Morgan fingerprint density at radius 1 is 1.33 bits per heavy atom. The third-order valence-electron chi connectivity index (χ3n) is 2.63. The summed E-state index contributed by atoms with van der Waals surface area (Å²) in [7, 11) is 0. The molecule has 1 aromatic carbocycles. The Kier molecular flexibility index (Phi) is 3.97. The van der Waals surface area contributed by atoms with Crippen LogP contribution >= 0.6 is 27.5 Å². The van der Waals surface area contributed by atoms with Crippen LogP contribution in [-0.4, -0.2) is 9.97 Å². The molecule has 0 amide bonds. The van der Waals surface area contributed by atoms with Gasteiger partial charge in [0.2, 0.25) is 0 Å². The predicted octanol–water partition coefficient (Wildman–Crippen LogP) is 4.57. The van der Waals surface area contributed by atoms with Crippen molar-refractivity contribution in [3.05, 3.63) is 45.0 Å². The van der Waals surface area contributed by atoms with E-state index in [1.165, 1.54) is 6.07 Å². The van der Waals surface area contributed by atoms with Crippen LogP contribution < -0.4 is 0 Å². The minimum absolute atomic E-state index is 0.321. The molecule has 0 saturated carbocycles. The van der Waals surface area contributed by atoms with Gasteiger partial charge in [-0.15, -0.1) is 0 Å². The number of rotatable bonds is 2. The monoisotopic (exact) mass is 328 g/mol. The Hall–Kier alpha value is -1.00. The lowest BCUT2D eigenvalue weighted by Crippen LogP contribution is -2.00. The Labute approximate surface area is 118 Å². The zero-order valence-electron chi connectivity index (χ0n) is 9.97. The fourth-order valence-corrected chi connectivity index (χ4v) is 2.18. The van der Waals surface area contributed by atoms with Crippen LogP contribution in [0.4, 0.5) is 4.39 Å². The van der Waals surface area contributed by atoms with Crippen molar-refractivity contribution in [1.29, 1.82) is 0 Å². The largest absolute Gasteiger partial charge is 0.232 e. The van der Waals surface area contributed by atoms with Crippen LogP contribution in [0.15, 0.2) is 22.7 Å². The summed E-state index contributed by atoms with van der Waals surface area (Å²) in [5.41, 5.74) is 1.66. The summed E-state index contributed by atoms with van der Waals surface area (Å²) in [6.45, 7) is 3.72. The molecule has 0 radical (unpaired) electrons. The highest BCUT2D eigenvalue weighted by molar-refractivity contribution is 9.10. The molecule has 1 heterocycles. The maximum atomic E-state index is 13.9. The summed E-state index contributed by atoms with van der Waals surface area (Å²) in [6.07, 6.45) is 0.655. The Morgan fingerprint density at radius 2 is 2.06 bits per heavy atom. The third-order valence-corrected chi connectivity index (χ3v) is 3.49. The summed E-state index contributed by atoms with van der Waals surface area (Å²) < 4.78 is 14.7. The first-order chi connectivity index (χ1) is 8.52. The highest BCUT2D eigenvalue weighted by Crippen LogP contribution is 2.30. The topological polar surface area (TPSA) is 25.8 Å². The molecule has 5 heteroatoms. The molecule has 0 bridgehead atoms. The normalized spacial score (nSPS) is 10.7. The molecule has 0 aliphatic carbocycles. The Bertz CT molecular complexity index is 602. The predicted molar refractivity (Wildman–Crippen MR) is 74.3 cm³/mol. The van der Waals surface area contributed by atoms with Gasteiger partial charge in [0.05, 0.1) is 5.69 Å². The van der Waals surface area contributed by atoms with Crippen molar-refractivity contribution in [3.8, 4) is 11.3 Å². The summed E-state index contributed by atoms with van der Waals surface area (Å²) in [5.74, 6) is 0.290. The van der Waals surface area contributed by atoms with E-state index in [2.05, 4.69) is 25.9 Å². The quantitative estimate of drug-likeness (QED) is 0.754. The second-order valence-electron chi connectivity index (χ2n) is 3.88. The second kappa shape index (κ2) is 5.33. The van der Waals surface area contributed by atoms with Crippen molar-refractivity contribution in [1.82, 2.24) is 9.97 Å². The van der Waals surface area contributed by atoms with Crippen LogP contribution in [0.1, 0.15) is 18.3 Å². The molecule has 2 nitrogen and oxygen atoms in total. The van der Waals surface area contributed by atoms with Gasteiger partial charge in [0.25, 0.3) is 0 Å². The zero-order valence-corrected chi connectivity index (χ0v) is 12.3. The molecular weight excluding hydrogens is 319 g/mol. The molecule has 0 fully saturated rings. The number of hydrogen-bond acceptors (Lipinski definition) is 2. The molecular formula is C13H11BrClFN2. The smallest absolute Gasteiger partial charge is 0.136 e. The van der Waals surface area contributed by atoms with Gasteiger partial charge < -0.3 is 0 Å². The molecule has 0 aliphatic rings. The fraction of sp³-hybridized carbons (Fsp3) is 0.231. The molecule has 0 spiro atoms. The van der Waals surface area contributed by atoms with E-state index in [1.807, 2.05) is 6.92 Å². The summed E-state index contributed by atoms with van der Waals surface area (Å²) in [5, 5.41) is 0.372. The number of nitrogens with zero attached hydrogens (tertiary/aromatic N) is 2.